The predicted octanol–water partition coefficient (Wildman–Crippen LogP) is 3.29. The Labute approximate surface area is 170 Å². The number of hydrogen-bond donors (Lipinski definition) is 1. The van der Waals surface area contributed by atoms with Crippen molar-refractivity contribution in [3.63, 3.8) is 0 Å². The molecule has 1 unspecified atom stereocenters. The van der Waals surface area contributed by atoms with E-state index in [0.717, 1.165) is 16.3 Å². The Morgan fingerprint density at radius 1 is 0.828 bits per heavy atom. The number of rotatable bonds is 5. The smallest absolute Gasteiger partial charge is 0.321 e. The molecule has 0 bridgehead atoms. The molecular formula is C24H24N2O3. The second-order valence-electron chi connectivity index (χ2n) is 7.40. The van der Waals surface area contributed by atoms with Crippen LogP contribution < -0.4 is 0 Å². The third-order valence-corrected chi connectivity index (χ3v) is 5.62. The summed E-state index contributed by atoms with van der Waals surface area (Å²) < 4.78 is 0. The van der Waals surface area contributed by atoms with E-state index in [1.807, 2.05) is 82.6 Å². The quantitative estimate of drug-likeness (QED) is 0.729. The largest absolute Gasteiger partial charge is 0.480 e. The van der Waals surface area contributed by atoms with Crippen LogP contribution in [0.25, 0.3) is 10.8 Å². The molecule has 1 amide bonds. The van der Waals surface area contributed by atoms with Crippen molar-refractivity contribution >= 4 is 22.6 Å². The third-order valence-electron chi connectivity index (χ3n) is 5.62. The van der Waals surface area contributed by atoms with Gasteiger partial charge in [0.1, 0.15) is 6.04 Å². The van der Waals surface area contributed by atoms with Crippen molar-refractivity contribution in [2.45, 2.75) is 12.5 Å². The highest BCUT2D eigenvalue weighted by atomic mass is 16.4. The average Bonchev–Trinajstić information content (AvgIpc) is 2.77. The maximum absolute atomic E-state index is 13.1. The third kappa shape index (κ3) is 4.15. The molecule has 1 N–H and O–H groups in total. The van der Waals surface area contributed by atoms with E-state index in [0.29, 0.717) is 38.2 Å². The number of carboxylic acids is 1. The van der Waals surface area contributed by atoms with Crippen LogP contribution in [-0.2, 0) is 11.2 Å². The first-order chi connectivity index (χ1) is 14.1. The number of aliphatic carboxylic acids is 1. The number of hydrogen-bond acceptors (Lipinski definition) is 3. The molecule has 0 radical (unpaired) electrons. The van der Waals surface area contributed by atoms with Crippen molar-refractivity contribution in [1.29, 1.82) is 0 Å². The maximum atomic E-state index is 13.1. The number of carbonyl (C=O) groups is 2. The number of nitrogens with zero attached hydrogens (tertiary/aromatic N) is 2. The average molecular weight is 388 g/mol. The minimum absolute atomic E-state index is 0.0105. The summed E-state index contributed by atoms with van der Waals surface area (Å²) in [5.41, 5.74) is 1.71. The van der Waals surface area contributed by atoms with Gasteiger partial charge in [0.15, 0.2) is 0 Å². The monoisotopic (exact) mass is 388 g/mol. The Hall–Kier alpha value is -3.18. The lowest BCUT2D eigenvalue weighted by molar-refractivity contribution is -0.143. The molecule has 1 saturated heterocycles. The van der Waals surface area contributed by atoms with E-state index in [9.17, 15) is 14.7 Å². The molecule has 0 aliphatic carbocycles. The van der Waals surface area contributed by atoms with E-state index >= 15 is 0 Å². The Kier molecular flexibility index (Phi) is 5.58. The van der Waals surface area contributed by atoms with Crippen LogP contribution in [0.1, 0.15) is 15.9 Å². The van der Waals surface area contributed by atoms with Crippen LogP contribution in [0, 0.1) is 0 Å². The molecule has 148 valence electrons. The van der Waals surface area contributed by atoms with Gasteiger partial charge in [-0.2, -0.15) is 0 Å². The van der Waals surface area contributed by atoms with Gasteiger partial charge >= 0.3 is 5.97 Å². The summed E-state index contributed by atoms with van der Waals surface area (Å²) in [5.74, 6) is -0.806. The summed E-state index contributed by atoms with van der Waals surface area (Å²) in [4.78, 5) is 28.8. The zero-order valence-electron chi connectivity index (χ0n) is 16.2. The minimum atomic E-state index is -0.817. The Morgan fingerprint density at radius 3 is 2.21 bits per heavy atom. The first-order valence-corrected chi connectivity index (χ1v) is 9.91. The van der Waals surface area contributed by atoms with Crippen molar-refractivity contribution in [3.8, 4) is 0 Å². The molecule has 1 aliphatic heterocycles. The fourth-order valence-electron chi connectivity index (χ4n) is 4.03. The molecule has 1 fully saturated rings. The highest BCUT2D eigenvalue weighted by molar-refractivity contribution is 6.07. The first-order valence-electron chi connectivity index (χ1n) is 9.91. The Morgan fingerprint density at radius 2 is 1.48 bits per heavy atom. The lowest BCUT2D eigenvalue weighted by atomic mass is 10.0. The zero-order chi connectivity index (χ0) is 20.2. The topological polar surface area (TPSA) is 60.9 Å². The summed E-state index contributed by atoms with van der Waals surface area (Å²) in [5, 5.41) is 11.7. The van der Waals surface area contributed by atoms with Gasteiger partial charge in [-0.15, -0.1) is 0 Å². The van der Waals surface area contributed by atoms with Gasteiger partial charge in [0.2, 0.25) is 0 Å². The van der Waals surface area contributed by atoms with Crippen LogP contribution in [0.2, 0.25) is 0 Å². The first kappa shape index (κ1) is 19.2. The van der Waals surface area contributed by atoms with Gasteiger partial charge in [-0.3, -0.25) is 14.5 Å². The van der Waals surface area contributed by atoms with Crippen molar-refractivity contribution in [3.05, 3.63) is 83.9 Å². The van der Waals surface area contributed by atoms with E-state index in [4.69, 9.17) is 0 Å². The van der Waals surface area contributed by atoms with Gasteiger partial charge in [-0.1, -0.05) is 66.7 Å². The second-order valence-corrected chi connectivity index (χ2v) is 7.40. The van der Waals surface area contributed by atoms with Gasteiger partial charge in [0, 0.05) is 31.7 Å². The summed E-state index contributed by atoms with van der Waals surface area (Å²) in [6, 6.07) is 22.8. The molecule has 5 heteroatoms. The molecule has 3 aromatic carbocycles. The van der Waals surface area contributed by atoms with E-state index in [1.54, 1.807) is 0 Å². The van der Waals surface area contributed by atoms with Gasteiger partial charge in [-0.05, 0) is 28.8 Å². The Bertz CT molecular complexity index is 1010. The molecular weight excluding hydrogens is 364 g/mol. The number of carboxylic acid groups (broad SMARTS) is 1. The number of fused-ring (bicyclic) bond motifs is 1. The van der Waals surface area contributed by atoms with Gasteiger partial charge in [0.25, 0.3) is 5.91 Å². The van der Waals surface area contributed by atoms with Crippen molar-refractivity contribution in [2.75, 3.05) is 26.2 Å². The van der Waals surface area contributed by atoms with Gasteiger partial charge < -0.3 is 10.0 Å². The summed E-state index contributed by atoms with van der Waals surface area (Å²) >= 11 is 0. The van der Waals surface area contributed by atoms with Crippen molar-refractivity contribution in [1.82, 2.24) is 9.80 Å². The van der Waals surface area contributed by atoms with Gasteiger partial charge in [-0.25, -0.2) is 0 Å². The molecule has 5 nitrogen and oxygen atoms in total. The molecule has 29 heavy (non-hydrogen) atoms. The van der Waals surface area contributed by atoms with Gasteiger partial charge in [0.05, 0.1) is 0 Å². The standard InChI is InChI=1S/C24H24N2O3/c27-23(21-12-6-10-19-9-4-5-11-20(19)21)26-15-13-25(14-16-26)22(24(28)29)17-18-7-2-1-3-8-18/h1-12,22H,13-17H2,(H,28,29). The van der Waals surface area contributed by atoms with Crippen LogP contribution in [0.4, 0.5) is 0 Å². The van der Waals surface area contributed by atoms with Crippen LogP contribution in [0.5, 0.6) is 0 Å². The molecule has 4 rings (SSSR count). The highest BCUT2D eigenvalue weighted by Gasteiger charge is 2.31. The van der Waals surface area contributed by atoms with Crippen LogP contribution in [0.15, 0.2) is 72.8 Å². The van der Waals surface area contributed by atoms with Crippen LogP contribution in [0.3, 0.4) is 0 Å². The van der Waals surface area contributed by atoms with E-state index < -0.39 is 12.0 Å². The number of amides is 1. The molecule has 0 aromatic heterocycles. The molecule has 1 heterocycles. The van der Waals surface area contributed by atoms with E-state index in [1.165, 1.54) is 0 Å². The molecule has 0 saturated carbocycles. The lowest BCUT2D eigenvalue weighted by Crippen LogP contribution is -2.54. The fourth-order valence-corrected chi connectivity index (χ4v) is 4.03. The molecule has 3 aromatic rings. The van der Waals surface area contributed by atoms with E-state index in [-0.39, 0.29) is 5.91 Å². The zero-order valence-corrected chi connectivity index (χ0v) is 16.2. The number of piperazine rings is 1. The SMILES string of the molecule is O=C(O)C(Cc1ccccc1)N1CCN(C(=O)c2cccc3ccccc23)CC1. The molecule has 0 spiro atoms. The van der Waals surface area contributed by atoms with Crippen molar-refractivity contribution in [2.24, 2.45) is 0 Å². The lowest BCUT2D eigenvalue weighted by Gasteiger charge is -2.38. The van der Waals surface area contributed by atoms with E-state index in [2.05, 4.69) is 0 Å². The van der Waals surface area contributed by atoms with Crippen LogP contribution in [-0.4, -0.2) is 59.0 Å². The summed E-state index contributed by atoms with van der Waals surface area (Å²) in [6.45, 7) is 2.17. The summed E-state index contributed by atoms with van der Waals surface area (Å²) in [7, 11) is 0. The second kappa shape index (κ2) is 8.45. The normalized spacial score (nSPS) is 15.9. The molecule has 1 atom stereocenters. The minimum Gasteiger partial charge on any atom is -0.480 e. The predicted molar refractivity (Wildman–Crippen MR) is 113 cm³/mol. The highest BCUT2D eigenvalue weighted by Crippen LogP contribution is 2.21. The maximum Gasteiger partial charge on any atom is 0.321 e. The fraction of sp³-hybridized carbons (Fsp3) is 0.250. The van der Waals surface area contributed by atoms with Crippen LogP contribution >= 0.6 is 0 Å². The number of benzene rings is 3. The number of carbonyl (C=O) groups excluding carboxylic acids is 1. The molecule has 1 aliphatic rings. The summed E-state index contributed by atoms with van der Waals surface area (Å²) in [6.07, 6.45) is 0.466. The van der Waals surface area contributed by atoms with Crippen molar-refractivity contribution < 1.29 is 14.7 Å². The Balaban J connectivity index is 1.45.